The second-order valence-electron chi connectivity index (χ2n) is 13.2. The highest BCUT2D eigenvalue weighted by Crippen LogP contribution is 2.35. The number of fused-ring (bicyclic) bond motifs is 1. The molecule has 1 N–H and O–H groups in total. The van der Waals surface area contributed by atoms with Crippen LogP contribution in [-0.4, -0.2) is 52.2 Å². The molecule has 1 aromatic heterocycles. The lowest BCUT2D eigenvalue weighted by Crippen LogP contribution is -2.40. The van der Waals surface area contributed by atoms with Crippen LogP contribution in [0.2, 0.25) is 0 Å². The summed E-state index contributed by atoms with van der Waals surface area (Å²) in [5.74, 6) is 0.0948. The summed E-state index contributed by atoms with van der Waals surface area (Å²) in [6.45, 7) is 12.5. The summed E-state index contributed by atoms with van der Waals surface area (Å²) in [5.41, 5.74) is 2.56. The molecule has 4 aromatic rings. The van der Waals surface area contributed by atoms with Crippen molar-refractivity contribution in [3.63, 3.8) is 0 Å². The second kappa shape index (κ2) is 15.1. The zero-order valence-electron chi connectivity index (χ0n) is 28.4. The number of benzene rings is 3. The maximum atomic E-state index is 13.7. The Bertz CT molecular complexity index is 1720. The molecule has 47 heavy (non-hydrogen) atoms. The molecule has 0 aliphatic heterocycles. The number of hydrogen-bond acceptors (Lipinski definition) is 7. The molecule has 0 aliphatic rings. The monoisotopic (exact) mass is 661 g/mol. The quantitative estimate of drug-likeness (QED) is 0.132. The van der Waals surface area contributed by atoms with Gasteiger partial charge in [0.25, 0.3) is 0 Å². The number of methoxy groups -OCH3 is 1. The molecule has 1 unspecified atom stereocenters. The van der Waals surface area contributed by atoms with E-state index in [0.717, 1.165) is 22.1 Å². The summed E-state index contributed by atoms with van der Waals surface area (Å²) in [6.07, 6.45) is 0.939. The Kier molecular flexibility index (Phi) is 11.4. The second-order valence-corrected chi connectivity index (χ2v) is 15.6. The predicted octanol–water partition coefficient (Wildman–Crippen LogP) is 7.35. The molecular formula is C37H45N2O7S+. The predicted molar refractivity (Wildman–Crippen MR) is 187 cm³/mol. The normalized spacial score (nSPS) is 13.1. The number of aromatic nitrogens is 1. The molecule has 0 bridgehead atoms. The van der Waals surface area contributed by atoms with Gasteiger partial charge in [-0.15, -0.1) is 0 Å². The van der Waals surface area contributed by atoms with E-state index in [9.17, 15) is 14.4 Å². The van der Waals surface area contributed by atoms with E-state index in [2.05, 4.69) is 25.8 Å². The third-order valence-corrected chi connectivity index (χ3v) is 9.63. The first kappa shape index (κ1) is 35.6. The van der Waals surface area contributed by atoms with Gasteiger partial charge in [0.15, 0.2) is 10.9 Å². The summed E-state index contributed by atoms with van der Waals surface area (Å²) in [5, 5.41) is 0.748. The third-order valence-electron chi connectivity index (χ3n) is 7.38. The van der Waals surface area contributed by atoms with Crippen molar-refractivity contribution in [2.45, 2.75) is 71.1 Å². The standard InChI is InChI=1S/C37H44N2O7S/c1-36(2,3)45-35(42)39(22-25-14-16-27(17-15-25)34(41)43-7)23-31(46-47(8)37(4,5)6)28-18-20-30(33-29(28)19-21-32(40)38-33)44-24-26-12-10-9-11-13-26/h9-21,31H,22-24H2,1-8H3/p+1/t31-,47?/m0/s1. The lowest BCUT2D eigenvalue weighted by molar-refractivity contribution is 0.0158. The fourth-order valence-electron chi connectivity index (χ4n) is 4.70. The number of esters is 1. The van der Waals surface area contributed by atoms with Gasteiger partial charge in [-0.3, -0.25) is 4.79 Å². The van der Waals surface area contributed by atoms with Crippen molar-refractivity contribution in [2.24, 2.45) is 0 Å². The summed E-state index contributed by atoms with van der Waals surface area (Å²) in [4.78, 5) is 42.9. The smallest absolute Gasteiger partial charge is 0.410 e. The lowest BCUT2D eigenvalue weighted by atomic mass is 10.0. The van der Waals surface area contributed by atoms with E-state index in [0.29, 0.717) is 23.4 Å². The van der Waals surface area contributed by atoms with Crippen LogP contribution in [0, 0.1) is 0 Å². The summed E-state index contributed by atoms with van der Waals surface area (Å²) in [7, 11) is 1.33. The van der Waals surface area contributed by atoms with E-state index in [-0.39, 0.29) is 23.4 Å². The molecule has 0 spiro atoms. The minimum atomic E-state index is -0.731. The van der Waals surface area contributed by atoms with Crippen LogP contribution in [-0.2, 0) is 38.0 Å². The fourth-order valence-corrected chi connectivity index (χ4v) is 5.50. The van der Waals surface area contributed by atoms with Gasteiger partial charge in [-0.05, 0) is 82.5 Å². The summed E-state index contributed by atoms with van der Waals surface area (Å²) in [6, 6.07) is 23.7. The van der Waals surface area contributed by atoms with Crippen LogP contribution in [0.3, 0.4) is 0 Å². The van der Waals surface area contributed by atoms with Gasteiger partial charge in [-0.1, -0.05) is 48.5 Å². The molecule has 0 aliphatic carbocycles. The van der Waals surface area contributed by atoms with Crippen molar-refractivity contribution >= 4 is 34.1 Å². The molecule has 1 amide bonds. The molecule has 2 atom stereocenters. The van der Waals surface area contributed by atoms with Gasteiger partial charge in [-0.25, -0.2) is 9.59 Å². The molecule has 1 heterocycles. The van der Waals surface area contributed by atoms with Crippen LogP contribution in [0.1, 0.15) is 74.7 Å². The van der Waals surface area contributed by atoms with Gasteiger partial charge in [0.05, 0.1) is 24.7 Å². The van der Waals surface area contributed by atoms with Gasteiger partial charge in [0.1, 0.15) is 35.4 Å². The van der Waals surface area contributed by atoms with Crippen molar-refractivity contribution in [2.75, 3.05) is 19.9 Å². The molecule has 4 rings (SSSR count). The van der Waals surface area contributed by atoms with Crippen LogP contribution in [0.15, 0.2) is 83.7 Å². The number of amides is 1. The Morgan fingerprint density at radius 1 is 0.872 bits per heavy atom. The van der Waals surface area contributed by atoms with Crippen LogP contribution in [0.4, 0.5) is 4.79 Å². The zero-order chi connectivity index (χ0) is 34.4. The minimum Gasteiger partial charge on any atom is -0.487 e. The number of nitrogens with zero attached hydrogens (tertiary/aromatic N) is 1. The first-order chi connectivity index (χ1) is 22.1. The van der Waals surface area contributed by atoms with Gasteiger partial charge in [0.2, 0.25) is 5.56 Å². The SMILES string of the molecule is COC(=O)c1ccc(CN(C[C@H](O[S+](C)C(C)(C)C)c2ccc(OCc3ccccc3)c3[nH]c(=O)ccc23)C(=O)OC(C)(C)C)cc1. The van der Waals surface area contributed by atoms with Crippen LogP contribution >= 0.6 is 0 Å². The van der Waals surface area contributed by atoms with Gasteiger partial charge in [-0.2, -0.15) is 4.18 Å². The number of aromatic amines is 1. The highest BCUT2D eigenvalue weighted by Gasteiger charge is 2.38. The van der Waals surface area contributed by atoms with Gasteiger partial charge in [0, 0.05) is 18.0 Å². The molecule has 250 valence electrons. The molecule has 9 nitrogen and oxygen atoms in total. The fraction of sp³-hybridized carbons (Fsp3) is 0.378. The van der Waals surface area contributed by atoms with Crippen molar-refractivity contribution in [1.82, 2.24) is 9.88 Å². The molecule has 0 saturated carbocycles. The average Bonchev–Trinajstić information content (AvgIpc) is 3.02. The number of carbonyl (C=O) groups is 2. The first-order valence-electron chi connectivity index (χ1n) is 15.5. The summed E-state index contributed by atoms with van der Waals surface area (Å²) >= 11 is -0.537. The Morgan fingerprint density at radius 2 is 1.55 bits per heavy atom. The first-order valence-corrected chi connectivity index (χ1v) is 17.0. The van der Waals surface area contributed by atoms with E-state index in [4.69, 9.17) is 18.4 Å². The molecule has 0 saturated heterocycles. The maximum absolute atomic E-state index is 13.7. The van der Waals surface area contributed by atoms with Crippen molar-refractivity contribution < 1.29 is 28.0 Å². The van der Waals surface area contributed by atoms with E-state index in [1.165, 1.54) is 13.2 Å². The number of nitrogens with one attached hydrogen (secondary N) is 1. The number of carbonyl (C=O) groups excluding carboxylic acids is 2. The van der Waals surface area contributed by atoms with Crippen LogP contribution < -0.4 is 10.3 Å². The number of pyridine rings is 1. The highest BCUT2D eigenvalue weighted by molar-refractivity contribution is 7.93. The van der Waals surface area contributed by atoms with Crippen LogP contribution in [0.25, 0.3) is 10.9 Å². The van der Waals surface area contributed by atoms with Crippen molar-refractivity contribution in [3.8, 4) is 5.75 Å². The summed E-state index contributed by atoms with van der Waals surface area (Å²) < 4.78 is 23.5. The molecular weight excluding hydrogens is 616 g/mol. The largest absolute Gasteiger partial charge is 0.487 e. The van der Waals surface area contributed by atoms with Crippen molar-refractivity contribution in [3.05, 3.63) is 111 Å². The molecule has 10 heteroatoms. The topological polar surface area (TPSA) is 107 Å². The lowest BCUT2D eigenvalue weighted by Gasteiger charge is -2.31. The number of H-pyrrole nitrogens is 1. The average molecular weight is 662 g/mol. The zero-order valence-corrected chi connectivity index (χ0v) is 29.2. The third kappa shape index (κ3) is 9.86. The van der Waals surface area contributed by atoms with Gasteiger partial charge < -0.3 is 24.1 Å². The van der Waals surface area contributed by atoms with Crippen molar-refractivity contribution in [1.29, 1.82) is 0 Å². The Balaban J connectivity index is 1.76. The van der Waals surface area contributed by atoms with Gasteiger partial charge >= 0.3 is 12.1 Å². The molecule has 0 radical (unpaired) electrons. The molecule has 3 aromatic carbocycles. The highest BCUT2D eigenvalue weighted by atomic mass is 32.2. The Hall–Kier alpha value is -4.28. The molecule has 0 fully saturated rings. The van der Waals surface area contributed by atoms with E-state index in [1.807, 2.05) is 69.5 Å². The number of rotatable bonds is 11. The minimum absolute atomic E-state index is 0.152. The maximum Gasteiger partial charge on any atom is 0.410 e. The van der Waals surface area contributed by atoms with E-state index >= 15 is 0 Å². The number of ether oxygens (including phenoxy) is 3. The van der Waals surface area contributed by atoms with Crippen LogP contribution in [0.5, 0.6) is 5.75 Å². The Labute approximate surface area is 279 Å². The number of hydrogen-bond donors (Lipinski definition) is 1. The Morgan fingerprint density at radius 3 is 2.17 bits per heavy atom. The van der Waals surface area contributed by atoms with E-state index < -0.39 is 34.9 Å². The van der Waals surface area contributed by atoms with E-state index in [1.54, 1.807) is 35.2 Å².